The lowest BCUT2D eigenvalue weighted by molar-refractivity contribution is -0.148. The SMILES string of the molecule is CC1CCCC(OC(C)C(=O)N(C)CC(O)C2CC2)C1. The maximum atomic E-state index is 12.3. The molecule has 2 aliphatic carbocycles. The van der Waals surface area contributed by atoms with Crippen LogP contribution in [0.4, 0.5) is 0 Å². The van der Waals surface area contributed by atoms with Crippen LogP contribution in [0.3, 0.4) is 0 Å². The molecule has 116 valence electrons. The average molecular weight is 283 g/mol. The number of hydrogen-bond donors (Lipinski definition) is 1. The van der Waals surface area contributed by atoms with Crippen molar-refractivity contribution in [3.8, 4) is 0 Å². The normalized spacial score (nSPS) is 29.8. The Balaban J connectivity index is 1.75. The van der Waals surface area contributed by atoms with E-state index in [1.54, 1.807) is 11.9 Å². The van der Waals surface area contributed by atoms with Crippen LogP contribution in [0.2, 0.25) is 0 Å². The third kappa shape index (κ3) is 4.45. The molecule has 0 aromatic rings. The Morgan fingerprint density at radius 1 is 1.35 bits per heavy atom. The van der Waals surface area contributed by atoms with Crippen molar-refractivity contribution in [2.24, 2.45) is 11.8 Å². The van der Waals surface area contributed by atoms with Crippen molar-refractivity contribution in [2.75, 3.05) is 13.6 Å². The number of likely N-dealkylation sites (N-methyl/N-ethyl adjacent to an activating group) is 1. The molecule has 1 amide bonds. The van der Waals surface area contributed by atoms with Crippen molar-refractivity contribution >= 4 is 5.91 Å². The van der Waals surface area contributed by atoms with Gasteiger partial charge in [0, 0.05) is 13.6 Å². The number of carbonyl (C=O) groups excluding carboxylic acids is 1. The first-order chi connectivity index (χ1) is 9.47. The summed E-state index contributed by atoms with van der Waals surface area (Å²) in [5, 5.41) is 9.91. The number of nitrogens with zero attached hydrogens (tertiary/aromatic N) is 1. The zero-order valence-corrected chi connectivity index (χ0v) is 13.0. The summed E-state index contributed by atoms with van der Waals surface area (Å²) in [4.78, 5) is 13.9. The molecule has 4 heteroatoms. The fraction of sp³-hybridized carbons (Fsp3) is 0.938. The van der Waals surface area contributed by atoms with Gasteiger partial charge in [0.15, 0.2) is 0 Å². The molecule has 2 saturated carbocycles. The quantitative estimate of drug-likeness (QED) is 0.813. The van der Waals surface area contributed by atoms with Crippen LogP contribution in [0.5, 0.6) is 0 Å². The van der Waals surface area contributed by atoms with Crippen LogP contribution in [0, 0.1) is 11.8 Å². The summed E-state index contributed by atoms with van der Waals surface area (Å²) in [6.45, 7) is 4.51. The highest BCUT2D eigenvalue weighted by molar-refractivity contribution is 5.80. The molecular formula is C16H29NO3. The van der Waals surface area contributed by atoms with E-state index in [1.165, 1.54) is 12.8 Å². The Labute approximate surface area is 122 Å². The summed E-state index contributed by atoms with van der Waals surface area (Å²) >= 11 is 0. The van der Waals surface area contributed by atoms with Gasteiger partial charge in [0.05, 0.1) is 12.2 Å². The van der Waals surface area contributed by atoms with Crippen LogP contribution in [-0.4, -0.2) is 47.8 Å². The number of amides is 1. The van der Waals surface area contributed by atoms with E-state index in [4.69, 9.17) is 4.74 Å². The molecule has 2 rings (SSSR count). The molecule has 0 bridgehead atoms. The van der Waals surface area contributed by atoms with Gasteiger partial charge in [-0.05, 0) is 44.4 Å². The van der Waals surface area contributed by atoms with Crippen molar-refractivity contribution < 1.29 is 14.6 Å². The highest BCUT2D eigenvalue weighted by atomic mass is 16.5. The Morgan fingerprint density at radius 2 is 2.05 bits per heavy atom. The van der Waals surface area contributed by atoms with Crippen LogP contribution in [0.1, 0.15) is 52.4 Å². The lowest BCUT2D eigenvalue weighted by atomic mass is 9.88. The number of aliphatic hydroxyl groups excluding tert-OH is 1. The number of rotatable bonds is 6. The van der Waals surface area contributed by atoms with Gasteiger partial charge in [-0.3, -0.25) is 4.79 Å². The van der Waals surface area contributed by atoms with Gasteiger partial charge in [-0.25, -0.2) is 0 Å². The van der Waals surface area contributed by atoms with Crippen molar-refractivity contribution in [1.82, 2.24) is 4.90 Å². The van der Waals surface area contributed by atoms with Crippen LogP contribution in [0.15, 0.2) is 0 Å². The second kappa shape index (κ2) is 6.90. The maximum Gasteiger partial charge on any atom is 0.251 e. The van der Waals surface area contributed by atoms with Crippen LogP contribution in [0.25, 0.3) is 0 Å². The van der Waals surface area contributed by atoms with E-state index in [9.17, 15) is 9.90 Å². The summed E-state index contributed by atoms with van der Waals surface area (Å²) in [7, 11) is 1.76. The molecule has 0 aromatic heterocycles. The highest BCUT2D eigenvalue weighted by Gasteiger charge is 2.32. The van der Waals surface area contributed by atoms with Gasteiger partial charge < -0.3 is 14.7 Å². The predicted octanol–water partition coefficient (Wildman–Crippen LogP) is 2.20. The molecule has 0 radical (unpaired) electrons. The smallest absolute Gasteiger partial charge is 0.251 e. The number of carbonyl (C=O) groups is 1. The molecule has 0 aromatic carbocycles. The standard InChI is InChI=1S/C16H29NO3/c1-11-5-4-6-14(9-11)20-12(2)16(19)17(3)10-15(18)13-7-8-13/h11-15,18H,4-10H2,1-3H3. The first-order valence-corrected chi connectivity index (χ1v) is 8.06. The minimum absolute atomic E-state index is 0.0112. The van der Waals surface area contributed by atoms with Gasteiger partial charge in [0.2, 0.25) is 0 Å². The first-order valence-electron chi connectivity index (χ1n) is 8.06. The van der Waals surface area contributed by atoms with Gasteiger partial charge in [-0.1, -0.05) is 19.8 Å². The van der Waals surface area contributed by atoms with E-state index in [-0.39, 0.29) is 18.1 Å². The molecule has 0 saturated heterocycles. The molecule has 4 atom stereocenters. The minimum Gasteiger partial charge on any atom is -0.391 e. The van der Waals surface area contributed by atoms with E-state index in [0.29, 0.717) is 18.4 Å². The molecule has 20 heavy (non-hydrogen) atoms. The Bertz CT molecular complexity index is 330. The Kier molecular flexibility index (Phi) is 5.44. The fourth-order valence-electron chi connectivity index (χ4n) is 3.16. The van der Waals surface area contributed by atoms with Gasteiger partial charge in [0.25, 0.3) is 5.91 Å². The summed E-state index contributed by atoms with van der Waals surface area (Å²) in [6.07, 6.45) is 6.23. The van der Waals surface area contributed by atoms with E-state index < -0.39 is 6.10 Å². The monoisotopic (exact) mass is 283 g/mol. The lowest BCUT2D eigenvalue weighted by Gasteiger charge is -2.31. The van der Waals surface area contributed by atoms with Crippen LogP contribution < -0.4 is 0 Å². The number of aliphatic hydroxyl groups is 1. The zero-order valence-electron chi connectivity index (χ0n) is 13.0. The van der Waals surface area contributed by atoms with Crippen LogP contribution in [-0.2, 0) is 9.53 Å². The zero-order chi connectivity index (χ0) is 14.7. The Hall–Kier alpha value is -0.610. The minimum atomic E-state index is -0.401. The van der Waals surface area contributed by atoms with Crippen molar-refractivity contribution in [2.45, 2.75) is 70.7 Å². The molecule has 1 N–H and O–H groups in total. The summed E-state index contributed by atoms with van der Waals surface area (Å²) in [6, 6.07) is 0. The second-order valence-corrected chi connectivity index (χ2v) is 6.80. The van der Waals surface area contributed by atoms with Crippen LogP contribution >= 0.6 is 0 Å². The second-order valence-electron chi connectivity index (χ2n) is 6.80. The van der Waals surface area contributed by atoms with E-state index in [2.05, 4.69) is 6.92 Å². The molecular weight excluding hydrogens is 254 g/mol. The average Bonchev–Trinajstić information content (AvgIpc) is 3.21. The van der Waals surface area contributed by atoms with Gasteiger partial charge in [-0.2, -0.15) is 0 Å². The molecule has 0 spiro atoms. The third-order valence-corrected chi connectivity index (χ3v) is 4.64. The highest BCUT2D eigenvalue weighted by Crippen LogP contribution is 2.33. The van der Waals surface area contributed by atoms with Crippen molar-refractivity contribution in [3.63, 3.8) is 0 Å². The number of ether oxygens (including phenoxy) is 1. The van der Waals surface area contributed by atoms with Crippen molar-refractivity contribution in [1.29, 1.82) is 0 Å². The predicted molar refractivity (Wildman–Crippen MR) is 78.3 cm³/mol. The maximum absolute atomic E-state index is 12.3. The fourth-order valence-corrected chi connectivity index (χ4v) is 3.16. The summed E-state index contributed by atoms with van der Waals surface area (Å²) in [5.41, 5.74) is 0. The molecule has 0 heterocycles. The molecule has 2 fully saturated rings. The molecule has 0 aliphatic heterocycles. The summed E-state index contributed by atoms with van der Waals surface area (Å²) < 4.78 is 5.93. The molecule has 2 aliphatic rings. The van der Waals surface area contributed by atoms with Gasteiger partial charge in [0.1, 0.15) is 6.10 Å². The first kappa shape index (κ1) is 15.8. The largest absolute Gasteiger partial charge is 0.391 e. The van der Waals surface area contributed by atoms with E-state index in [0.717, 1.165) is 25.7 Å². The van der Waals surface area contributed by atoms with Gasteiger partial charge in [-0.15, -0.1) is 0 Å². The van der Waals surface area contributed by atoms with E-state index in [1.807, 2.05) is 6.92 Å². The topological polar surface area (TPSA) is 49.8 Å². The lowest BCUT2D eigenvalue weighted by Crippen LogP contribution is -2.42. The molecule has 4 unspecified atom stereocenters. The van der Waals surface area contributed by atoms with E-state index >= 15 is 0 Å². The summed E-state index contributed by atoms with van der Waals surface area (Å²) in [5.74, 6) is 1.09. The number of hydrogen-bond acceptors (Lipinski definition) is 3. The molecule has 4 nitrogen and oxygen atoms in total. The van der Waals surface area contributed by atoms with Crippen molar-refractivity contribution in [3.05, 3.63) is 0 Å². The Morgan fingerprint density at radius 3 is 2.65 bits per heavy atom. The van der Waals surface area contributed by atoms with Gasteiger partial charge >= 0.3 is 0 Å². The third-order valence-electron chi connectivity index (χ3n) is 4.64.